The number of amides is 1. The van der Waals surface area contributed by atoms with Crippen LogP contribution in [0.4, 0.5) is 0 Å². The van der Waals surface area contributed by atoms with E-state index in [-0.39, 0.29) is 28.8 Å². The first-order valence-electron chi connectivity index (χ1n) is 10.6. The summed E-state index contributed by atoms with van der Waals surface area (Å²) in [6.45, 7) is 9.26. The number of rotatable bonds is 2. The zero-order valence-electron chi connectivity index (χ0n) is 18.6. The molecule has 1 fully saturated rings. The molecule has 1 atom stereocenters. The number of fused-ring (bicyclic) bond motifs is 2. The van der Waals surface area contributed by atoms with Gasteiger partial charge >= 0.3 is 0 Å². The smallest absolute Gasteiger partial charge is 0.290 e. The summed E-state index contributed by atoms with van der Waals surface area (Å²) in [5.74, 6) is 0.830. The fraction of sp³-hybridized carbons (Fsp3) is 0.591. The van der Waals surface area contributed by atoms with Crippen molar-refractivity contribution < 1.29 is 14.7 Å². The Balaban J connectivity index is 0.000000858. The Morgan fingerprint density at radius 1 is 1.35 bits per heavy atom. The standard InChI is InChI=1S/C21H29N5O2.CH2O2/c1-13-15(23-12-22-13)10-16(27)26-9-5-7-21(11-26)8-6-14-17(21)24-19(20(2,3)4)25-18(14)28;2-1-3/h12H,5-11H2,1-4H3,(H,22,23)(H,24,25,28);1H,(H,2,3). The molecule has 9 nitrogen and oxygen atoms in total. The lowest BCUT2D eigenvalue weighted by molar-refractivity contribution is -0.132. The van der Waals surface area contributed by atoms with Gasteiger partial charge < -0.3 is 20.0 Å². The predicted molar refractivity (Wildman–Crippen MR) is 115 cm³/mol. The molecule has 3 heterocycles. The number of carbonyl (C=O) groups is 2. The number of aryl methyl sites for hydroxylation is 1. The minimum Gasteiger partial charge on any atom is -0.483 e. The SMILES string of the molecule is Cc1[nH]cnc1CC(=O)N1CCCC2(CCc3c2nc(C(C)(C)C)[nH]c3=O)C1.O=CO. The molecular weight excluding hydrogens is 398 g/mol. The van der Waals surface area contributed by atoms with E-state index in [0.29, 0.717) is 13.0 Å². The molecule has 1 spiro atoms. The Morgan fingerprint density at radius 3 is 2.68 bits per heavy atom. The van der Waals surface area contributed by atoms with Crippen LogP contribution in [0.25, 0.3) is 0 Å². The lowest BCUT2D eigenvalue weighted by Crippen LogP contribution is -2.48. The van der Waals surface area contributed by atoms with Crippen molar-refractivity contribution in [1.82, 2.24) is 24.8 Å². The van der Waals surface area contributed by atoms with Crippen LogP contribution in [0.3, 0.4) is 0 Å². The molecule has 0 bridgehead atoms. The predicted octanol–water partition coefficient (Wildman–Crippen LogP) is 1.85. The molecule has 1 unspecified atom stereocenters. The number of aromatic nitrogens is 4. The highest BCUT2D eigenvalue weighted by molar-refractivity contribution is 5.79. The molecule has 2 aromatic heterocycles. The number of aromatic amines is 2. The van der Waals surface area contributed by atoms with Crippen molar-refractivity contribution in [3.05, 3.63) is 45.2 Å². The van der Waals surface area contributed by atoms with Gasteiger partial charge in [-0.05, 0) is 32.6 Å². The highest BCUT2D eigenvalue weighted by atomic mass is 16.3. The molecule has 31 heavy (non-hydrogen) atoms. The molecule has 2 aromatic rings. The van der Waals surface area contributed by atoms with Gasteiger partial charge in [-0.1, -0.05) is 20.8 Å². The third-order valence-electron chi connectivity index (χ3n) is 6.26. The number of hydrogen-bond acceptors (Lipinski definition) is 5. The number of nitrogens with zero attached hydrogens (tertiary/aromatic N) is 3. The quantitative estimate of drug-likeness (QED) is 0.624. The molecule has 1 aliphatic heterocycles. The van der Waals surface area contributed by atoms with Gasteiger partial charge in [-0.2, -0.15) is 0 Å². The Kier molecular flexibility index (Phi) is 6.33. The van der Waals surface area contributed by atoms with Crippen LogP contribution in [0, 0.1) is 6.92 Å². The number of imidazole rings is 1. The minimum atomic E-state index is -0.250. The second kappa shape index (κ2) is 8.64. The van der Waals surface area contributed by atoms with Crippen molar-refractivity contribution in [3.8, 4) is 0 Å². The van der Waals surface area contributed by atoms with Crippen molar-refractivity contribution in [2.45, 2.75) is 70.6 Å². The summed E-state index contributed by atoms with van der Waals surface area (Å²) in [5.41, 5.74) is 3.05. The van der Waals surface area contributed by atoms with Gasteiger partial charge in [0.1, 0.15) is 5.82 Å². The number of carbonyl (C=O) groups excluding carboxylic acids is 1. The van der Waals surface area contributed by atoms with Gasteiger partial charge in [-0.15, -0.1) is 0 Å². The zero-order chi connectivity index (χ0) is 22.8. The monoisotopic (exact) mass is 429 g/mol. The lowest BCUT2D eigenvalue weighted by Gasteiger charge is -2.40. The fourth-order valence-corrected chi connectivity index (χ4v) is 4.57. The van der Waals surface area contributed by atoms with E-state index in [1.54, 1.807) is 6.33 Å². The van der Waals surface area contributed by atoms with Gasteiger partial charge in [-0.25, -0.2) is 9.97 Å². The summed E-state index contributed by atoms with van der Waals surface area (Å²) in [7, 11) is 0. The lowest BCUT2D eigenvalue weighted by atomic mass is 9.77. The highest BCUT2D eigenvalue weighted by Crippen LogP contribution is 2.43. The number of likely N-dealkylation sites (tertiary alicyclic amines) is 1. The number of H-pyrrole nitrogens is 2. The molecule has 9 heteroatoms. The van der Waals surface area contributed by atoms with E-state index in [1.807, 2.05) is 11.8 Å². The fourth-order valence-electron chi connectivity index (χ4n) is 4.57. The molecule has 2 aliphatic rings. The van der Waals surface area contributed by atoms with Crippen LogP contribution in [-0.4, -0.2) is 55.4 Å². The Hall–Kier alpha value is -2.97. The molecule has 4 rings (SSSR count). The van der Waals surface area contributed by atoms with E-state index in [1.165, 1.54) is 0 Å². The van der Waals surface area contributed by atoms with Crippen LogP contribution in [-0.2, 0) is 33.3 Å². The van der Waals surface area contributed by atoms with Gasteiger partial charge in [-0.3, -0.25) is 14.4 Å². The van der Waals surface area contributed by atoms with E-state index in [0.717, 1.165) is 60.7 Å². The molecule has 1 amide bonds. The van der Waals surface area contributed by atoms with Crippen molar-refractivity contribution in [1.29, 1.82) is 0 Å². The maximum Gasteiger partial charge on any atom is 0.290 e. The van der Waals surface area contributed by atoms with E-state index in [4.69, 9.17) is 14.9 Å². The Bertz CT molecular complexity index is 1020. The van der Waals surface area contributed by atoms with Crippen molar-refractivity contribution in [2.24, 2.45) is 0 Å². The summed E-state index contributed by atoms with van der Waals surface area (Å²) in [4.78, 5) is 51.2. The molecule has 1 saturated heterocycles. The number of hydrogen-bond donors (Lipinski definition) is 3. The average molecular weight is 430 g/mol. The van der Waals surface area contributed by atoms with Gasteiger partial charge in [0.05, 0.1) is 24.1 Å². The first-order chi connectivity index (χ1) is 14.6. The second-order valence-electron chi connectivity index (χ2n) is 9.45. The van der Waals surface area contributed by atoms with E-state index >= 15 is 0 Å². The third kappa shape index (κ3) is 4.55. The first kappa shape index (κ1) is 22.7. The maximum absolute atomic E-state index is 12.9. The molecule has 0 radical (unpaired) electrons. The highest BCUT2D eigenvalue weighted by Gasteiger charge is 2.46. The van der Waals surface area contributed by atoms with Crippen LogP contribution < -0.4 is 5.56 Å². The Morgan fingerprint density at radius 2 is 2.06 bits per heavy atom. The third-order valence-corrected chi connectivity index (χ3v) is 6.26. The van der Waals surface area contributed by atoms with Crippen LogP contribution >= 0.6 is 0 Å². The van der Waals surface area contributed by atoms with Gasteiger partial charge in [0.15, 0.2) is 0 Å². The first-order valence-corrected chi connectivity index (χ1v) is 10.6. The number of carboxylic acid groups (broad SMARTS) is 1. The Labute approximate surface area is 181 Å². The minimum absolute atomic E-state index is 0.0117. The van der Waals surface area contributed by atoms with E-state index < -0.39 is 0 Å². The average Bonchev–Trinajstić information content (AvgIpc) is 3.26. The van der Waals surface area contributed by atoms with Gasteiger partial charge in [0.25, 0.3) is 12.0 Å². The van der Waals surface area contributed by atoms with Gasteiger partial charge in [0, 0.05) is 35.2 Å². The summed E-state index contributed by atoms with van der Waals surface area (Å²) < 4.78 is 0. The van der Waals surface area contributed by atoms with Crippen molar-refractivity contribution >= 4 is 12.4 Å². The van der Waals surface area contributed by atoms with Crippen LogP contribution in [0.5, 0.6) is 0 Å². The molecule has 0 aromatic carbocycles. The van der Waals surface area contributed by atoms with Gasteiger partial charge in [0.2, 0.25) is 5.91 Å². The van der Waals surface area contributed by atoms with Crippen LogP contribution in [0.2, 0.25) is 0 Å². The van der Waals surface area contributed by atoms with Crippen LogP contribution in [0.15, 0.2) is 11.1 Å². The largest absolute Gasteiger partial charge is 0.483 e. The topological polar surface area (TPSA) is 132 Å². The summed E-state index contributed by atoms with van der Waals surface area (Å²) >= 11 is 0. The van der Waals surface area contributed by atoms with E-state index in [2.05, 4.69) is 35.7 Å². The van der Waals surface area contributed by atoms with Crippen molar-refractivity contribution in [3.63, 3.8) is 0 Å². The van der Waals surface area contributed by atoms with Crippen LogP contribution in [0.1, 0.15) is 68.5 Å². The number of nitrogens with one attached hydrogen (secondary N) is 2. The second-order valence-corrected chi connectivity index (χ2v) is 9.45. The van der Waals surface area contributed by atoms with Crippen molar-refractivity contribution in [2.75, 3.05) is 13.1 Å². The summed E-state index contributed by atoms with van der Waals surface area (Å²) in [6, 6.07) is 0. The normalized spacial score (nSPS) is 20.2. The summed E-state index contributed by atoms with van der Waals surface area (Å²) in [5, 5.41) is 6.89. The molecule has 0 saturated carbocycles. The number of piperidine rings is 1. The maximum atomic E-state index is 12.9. The molecule has 168 valence electrons. The molecule has 3 N–H and O–H groups in total. The molecular formula is C22H31N5O4. The van der Waals surface area contributed by atoms with E-state index in [9.17, 15) is 9.59 Å². The summed E-state index contributed by atoms with van der Waals surface area (Å²) in [6.07, 6.45) is 5.48. The molecule has 1 aliphatic carbocycles. The zero-order valence-corrected chi connectivity index (χ0v) is 18.6.